The molecule has 5 nitrogen and oxygen atoms in total. The second-order valence-electron chi connectivity index (χ2n) is 4.28. The average Bonchev–Trinajstić information content (AvgIpc) is 2.97. The van der Waals surface area contributed by atoms with Crippen LogP contribution in [0.25, 0.3) is 11.3 Å². The third kappa shape index (κ3) is 1.59. The van der Waals surface area contributed by atoms with E-state index in [4.69, 9.17) is 0 Å². The first kappa shape index (κ1) is 11.0. The van der Waals surface area contributed by atoms with Gasteiger partial charge in [0.15, 0.2) is 0 Å². The van der Waals surface area contributed by atoms with Crippen molar-refractivity contribution in [3.05, 3.63) is 36.0 Å². The van der Waals surface area contributed by atoms with Crippen molar-refractivity contribution in [1.82, 2.24) is 15.0 Å². The molecule has 1 aromatic carbocycles. The number of hydrogen-bond donors (Lipinski definition) is 0. The summed E-state index contributed by atoms with van der Waals surface area (Å²) in [4.78, 5) is 11.3. The van der Waals surface area contributed by atoms with Gasteiger partial charge >= 0.3 is 5.97 Å². The summed E-state index contributed by atoms with van der Waals surface area (Å²) < 4.78 is 6.57. The highest BCUT2D eigenvalue weighted by Gasteiger charge is 2.29. The van der Waals surface area contributed by atoms with Gasteiger partial charge in [0.2, 0.25) is 0 Å². The van der Waals surface area contributed by atoms with Gasteiger partial charge in [-0.15, -0.1) is 5.10 Å². The van der Waals surface area contributed by atoms with Crippen molar-refractivity contribution in [2.45, 2.75) is 18.9 Å². The standard InChI is InChI=1S/C13H13N3O2/c1-18-13(17)7-6-11-9-4-2-3-5-10(9)12-8-14-15-16(11)12/h2-5,8,11H,6-7H2,1H3. The van der Waals surface area contributed by atoms with Crippen molar-refractivity contribution < 1.29 is 9.53 Å². The molecule has 0 bridgehead atoms. The van der Waals surface area contributed by atoms with Crippen LogP contribution in [0.15, 0.2) is 30.5 Å². The number of rotatable bonds is 3. The van der Waals surface area contributed by atoms with Crippen LogP contribution < -0.4 is 0 Å². The molecule has 0 N–H and O–H groups in total. The van der Waals surface area contributed by atoms with E-state index in [0.717, 1.165) is 11.3 Å². The molecule has 0 spiro atoms. The largest absolute Gasteiger partial charge is 0.469 e. The maximum absolute atomic E-state index is 11.3. The molecule has 0 saturated heterocycles. The van der Waals surface area contributed by atoms with Crippen LogP contribution in [0.5, 0.6) is 0 Å². The summed E-state index contributed by atoms with van der Waals surface area (Å²) in [5.41, 5.74) is 3.36. The molecule has 3 rings (SSSR count). The third-order valence-corrected chi connectivity index (χ3v) is 3.32. The Bertz CT molecular complexity index is 591. The van der Waals surface area contributed by atoms with Gasteiger partial charge in [0.1, 0.15) is 0 Å². The van der Waals surface area contributed by atoms with E-state index in [0.29, 0.717) is 12.8 Å². The SMILES string of the molecule is COC(=O)CCC1c2ccccc2-c2cnnn21. The second kappa shape index (κ2) is 4.25. The predicted molar refractivity (Wildman–Crippen MR) is 64.8 cm³/mol. The molecule has 1 aliphatic heterocycles. The molecule has 18 heavy (non-hydrogen) atoms. The summed E-state index contributed by atoms with van der Waals surface area (Å²) in [7, 11) is 1.41. The molecule has 0 amide bonds. The molecule has 1 atom stereocenters. The maximum atomic E-state index is 11.3. The predicted octanol–water partition coefficient (Wildman–Crippen LogP) is 1.80. The second-order valence-corrected chi connectivity index (χ2v) is 4.28. The number of nitrogens with zero attached hydrogens (tertiary/aromatic N) is 3. The van der Waals surface area contributed by atoms with Crippen LogP contribution >= 0.6 is 0 Å². The quantitative estimate of drug-likeness (QED) is 0.771. The normalized spacial score (nSPS) is 16.2. The summed E-state index contributed by atoms with van der Waals surface area (Å²) in [6, 6.07) is 8.22. The maximum Gasteiger partial charge on any atom is 0.305 e. The monoisotopic (exact) mass is 243 g/mol. The highest BCUT2D eigenvalue weighted by Crippen LogP contribution is 2.40. The topological polar surface area (TPSA) is 57.0 Å². The molecule has 0 aliphatic carbocycles. The minimum atomic E-state index is -0.193. The number of ether oxygens (including phenoxy) is 1. The van der Waals surface area contributed by atoms with Gasteiger partial charge < -0.3 is 4.74 Å². The number of fused-ring (bicyclic) bond motifs is 3. The summed E-state index contributed by atoms with van der Waals surface area (Å²) in [5.74, 6) is -0.193. The van der Waals surface area contributed by atoms with E-state index in [-0.39, 0.29) is 12.0 Å². The first-order valence-electron chi connectivity index (χ1n) is 5.87. The Morgan fingerprint density at radius 1 is 1.44 bits per heavy atom. The molecule has 2 aromatic rings. The van der Waals surface area contributed by atoms with Crippen LogP contribution in [0.1, 0.15) is 24.4 Å². The van der Waals surface area contributed by atoms with Gasteiger partial charge in [0, 0.05) is 12.0 Å². The molecule has 5 heteroatoms. The molecule has 0 radical (unpaired) electrons. The molecule has 92 valence electrons. The zero-order valence-corrected chi connectivity index (χ0v) is 10.0. The summed E-state index contributed by atoms with van der Waals surface area (Å²) >= 11 is 0. The lowest BCUT2D eigenvalue weighted by Gasteiger charge is -2.12. The Balaban J connectivity index is 1.93. The number of carbonyl (C=O) groups is 1. The van der Waals surface area contributed by atoms with E-state index in [1.165, 1.54) is 12.7 Å². The Morgan fingerprint density at radius 3 is 3.11 bits per heavy atom. The zero-order chi connectivity index (χ0) is 12.5. The van der Waals surface area contributed by atoms with Gasteiger partial charge in [-0.3, -0.25) is 4.79 Å². The van der Waals surface area contributed by atoms with E-state index in [9.17, 15) is 4.79 Å². The number of hydrogen-bond acceptors (Lipinski definition) is 4. The number of carbonyl (C=O) groups excluding carboxylic acids is 1. The smallest absolute Gasteiger partial charge is 0.305 e. The van der Waals surface area contributed by atoms with Crippen LogP contribution in [0.4, 0.5) is 0 Å². The molecule has 0 fully saturated rings. The lowest BCUT2D eigenvalue weighted by Crippen LogP contribution is -2.11. The highest BCUT2D eigenvalue weighted by atomic mass is 16.5. The van der Waals surface area contributed by atoms with Crippen LogP contribution in [0.2, 0.25) is 0 Å². The minimum absolute atomic E-state index is 0.0813. The van der Waals surface area contributed by atoms with Crippen molar-refractivity contribution in [2.24, 2.45) is 0 Å². The minimum Gasteiger partial charge on any atom is -0.469 e. The molecule has 1 aromatic heterocycles. The molecule has 0 saturated carbocycles. The number of esters is 1. The van der Waals surface area contributed by atoms with Gasteiger partial charge in [-0.2, -0.15) is 0 Å². The molecule has 1 aliphatic rings. The average molecular weight is 243 g/mol. The molecular formula is C13H13N3O2. The van der Waals surface area contributed by atoms with Crippen molar-refractivity contribution in [3.63, 3.8) is 0 Å². The van der Waals surface area contributed by atoms with Gasteiger partial charge in [-0.25, -0.2) is 4.68 Å². The lowest BCUT2D eigenvalue weighted by molar-refractivity contribution is -0.140. The molecule has 1 unspecified atom stereocenters. The van der Waals surface area contributed by atoms with E-state index in [1.807, 2.05) is 16.8 Å². The van der Waals surface area contributed by atoms with Crippen molar-refractivity contribution in [1.29, 1.82) is 0 Å². The fourth-order valence-electron chi connectivity index (χ4n) is 2.45. The summed E-state index contributed by atoms with van der Waals surface area (Å²) in [6.07, 6.45) is 2.83. The van der Waals surface area contributed by atoms with Crippen molar-refractivity contribution >= 4 is 5.97 Å². The van der Waals surface area contributed by atoms with Crippen LogP contribution in [-0.2, 0) is 9.53 Å². The summed E-state index contributed by atoms with van der Waals surface area (Å²) in [5, 5.41) is 8.05. The third-order valence-electron chi connectivity index (χ3n) is 3.32. The van der Waals surface area contributed by atoms with Gasteiger partial charge in [0.25, 0.3) is 0 Å². The number of methoxy groups -OCH3 is 1. The summed E-state index contributed by atoms with van der Waals surface area (Å²) in [6.45, 7) is 0. The Kier molecular flexibility index (Phi) is 2.59. The Morgan fingerprint density at radius 2 is 2.28 bits per heavy atom. The van der Waals surface area contributed by atoms with Gasteiger partial charge in [0.05, 0.1) is 25.0 Å². The van der Waals surface area contributed by atoms with Crippen LogP contribution in [0, 0.1) is 0 Å². The van der Waals surface area contributed by atoms with E-state index < -0.39 is 0 Å². The van der Waals surface area contributed by atoms with Crippen LogP contribution in [0.3, 0.4) is 0 Å². The van der Waals surface area contributed by atoms with Gasteiger partial charge in [-0.1, -0.05) is 29.5 Å². The van der Waals surface area contributed by atoms with E-state index >= 15 is 0 Å². The van der Waals surface area contributed by atoms with E-state index in [2.05, 4.69) is 27.2 Å². The first-order valence-corrected chi connectivity index (χ1v) is 5.87. The zero-order valence-electron chi connectivity index (χ0n) is 10.0. The molecule has 2 heterocycles. The Labute approximate surface area is 104 Å². The fraction of sp³-hybridized carbons (Fsp3) is 0.308. The number of aromatic nitrogens is 3. The molecular weight excluding hydrogens is 230 g/mol. The van der Waals surface area contributed by atoms with E-state index in [1.54, 1.807) is 6.20 Å². The number of benzene rings is 1. The highest BCUT2D eigenvalue weighted by molar-refractivity contribution is 5.71. The lowest BCUT2D eigenvalue weighted by atomic mass is 10.00. The van der Waals surface area contributed by atoms with Crippen molar-refractivity contribution in [2.75, 3.05) is 7.11 Å². The van der Waals surface area contributed by atoms with Gasteiger partial charge in [-0.05, 0) is 12.0 Å². The Hall–Kier alpha value is -2.17. The van der Waals surface area contributed by atoms with Crippen LogP contribution in [-0.4, -0.2) is 28.1 Å². The first-order chi connectivity index (χ1) is 8.81. The fourth-order valence-corrected chi connectivity index (χ4v) is 2.45. The van der Waals surface area contributed by atoms with Crippen molar-refractivity contribution in [3.8, 4) is 11.3 Å².